The predicted octanol–water partition coefficient (Wildman–Crippen LogP) is 3.48. The standard InChI is InChI=1S/C22H26N2O3/c1-15-12-18(16(2)24(15)14-17-6-4-3-5-7-17)20(25)23-10-8-22(9-11-23)13-19(22)21(26)27/h3-7,12,19H,8-11,13-14H2,1-2H3,(H,26,27). The summed E-state index contributed by atoms with van der Waals surface area (Å²) in [5, 5.41) is 9.23. The fourth-order valence-corrected chi connectivity index (χ4v) is 4.60. The number of benzene rings is 1. The Balaban J connectivity index is 1.47. The summed E-state index contributed by atoms with van der Waals surface area (Å²) in [4.78, 5) is 26.2. The molecule has 1 aromatic carbocycles. The number of aryl methyl sites for hydroxylation is 1. The minimum Gasteiger partial charge on any atom is -0.481 e. The van der Waals surface area contributed by atoms with Crippen molar-refractivity contribution in [2.45, 2.75) is 39.7 Å². The van der Waals surface area contributed by atoms with E-state index in [0.29, 0.717) is 13.1 Å². The molecular formula is C22H26N2O3. The van der Waals surface area contributed by atoms with Gasteiger partial charge >= 0.3 is 5.97 Å². The predicted molar refractivity (Wildman–Crippen MR) is 103 cm³/mol. The molecule has 1 saturated heterocycles. The summed E-state index contributed by atoms with van der Waals surface area (Å²) in [5.74, 6) is -0.810. The van der Waals surface area contributed by atoms with Crippen LogP contribution in [0, 0.1) is 25.2 Å². The third kappa shape index (κ3) is 3.15. The molecule has 27 heavy (non-hydrogen) atoms. The highest BCUT2D eigenvalue weighted by molar-refractivity contribution is 5.96. The number of carbonyl (C=O) groups is 2. The van der Waals surface area contributed by atoms with Gasteiger partial charge in [0.2, 0.25) is 0 Å². The zero-order valence-corrected chi connectivity index (χ0v) is 15.9. The maximum atomic E-state index is 13.1. The molecule has 0 radical (unpaired) electrons. The highest BCUT2D eigenvalue weighted by atomic mass is 16.4. The van der Waals surface area contributed by atoms with Gasteiger partial charge < -0.3 is 14.6 Å². The van der Waals surface area contributed by atoms with E-state index in [9.17, 15) is 14.7 Å². The number of aliphatic carboxylic acids is 1. The zero-order valence-electron chi connectivity index (χ0n) is 15.9. The average Bonchev–Trinajstić information content (AvgIpc) is 3.30. The third-order valence-corrected chi connectivity index (χ3v) is 6.52. The minimum absolute atomic E-state index is 0.0488. The number of amides is 1. The molecular weight excluding hydrogens is 340 g/mol. The van der Waals surface area contributed by atoms with Crippen LogP contribution in [0.5, 0.6) is 0 Å². The number of likely N-dealkylation sites (tertiary alicyclic amines) is 1. The summed E-state index contributed by atoms with van der Waals surface area (Å²) in [6.07, 6.45) is 2.38. The second kappa shape index (κ2) is 6.55. The first-order chi connectivity index (χ1) is 12.9. The van der Waals surface area contributed by atoms with Crippen molar-refractivity contribution in [3.8, 4) is 0 Å². The van der Waals surface area contributed by atoms with Crippen molar-refractivity contribution in [1.29, 1.82) is 0 Å². The van der Waals surface area contributed by atoms with Gasteiger partial charge in [0.15, 0.2) is 0 Å². The van der Waals surface area contributed by atoms with E-state index < -0.39 is 5.97 Å². The molecule has 2 fully saturated rings. The number of hydrogen-bond donors (Lipinski definition) is 1. The van der Waals surface area contributed by atoms with Crippen LogP contribution >= 0.6 is 0 Å². The van der Waals surface area contributed by atoms with E-state index in [1.165, 1.54) is 5.56 Å². The van der Waals surface area contributed by atoms with Crippen LogP contribution in [0.1, 0.15) is 46.6 Å². The van der Waals surface area contributed by atoms with Gasteiger partial charge in [-0.15, -0.1) is 0 Å². The molecule has 1 amide bonds. The molecule has 0 bridgehead atoms. The monoisotopic (exact) mass is 366 g/mol. The Morgan fingerprint density at radius 3 is 2.41 bits per heavy atom. The topological polar surface area (TPSA) is 62.5 Å². The van der Waals surface area contributed by atoms with E-state index in [4.69, 9.17) is 0 Å². The van der Waals surface area contributed by atoms with Crippen molar-refractivity contribution in [3.05, 3.63) is 58.9 Å². The van der Waals surface area contributed by atoms with Crippen LogP contribution in [-0.2, 0) is 11.3 Å². The van der Waals surface area contributed by atoms with Crippen molar-refractivity contribution < 1.29 is 14.7 Å². The first-order valence-corrected chi connectivity index (χ1v) is 9.64. The first-order valence-electron chi connectivity index (χ1n) is 9.64. The molecule has 1 N–H and O–H groups in total. The molecule has 1 aliphatic carbocycles. The normalized spacial score (nSPS) is 20.7. The second-order valence-electron chi connectivity index (χ2n) is 8.11. The number of hydrogen-bond acceptors (Lipinski definition) is 2. The Morgan fingerprint density at radius 2 is 1.81 bits per heavy atom. The van der Waals surface area contributed by atoms with Crippen molar-refractivity contribution in [2.75, 3.05) is 13.1 Å². The Labute approximate surface area is 159 Å². The van der Waals surface area contributed by atoms with Gasteiger partial charge in [0.05, 0.1) is 11.5 Å². The molecule has 2 aromatic rings. The number of piperidine rings is 1. The minimum atomic E-state index is -0.681. The lowest BCUT2D eigenvalue weighted by Gasteiger charge is -2.32. The summed E-state index contributed by atoms with van der Waals surface area (Å²) in [5.41, 5.74) is 4.02. The lowest BCUT2D eigenvalue weighted by atomic mass is 9.90. The van der Waals surface area contributed by atoms with Gasteiger partial charge in [0, 0.05) is 31.0 Å². The summed E-state index contributed by atoms with van der Waals surface area (Å²) in [6, 6.07) is 12.2. The summed E-state index contributed by atoms with van der Waals surface area (Å²) < 4.78 is 2.19. The van der Waals surface area contributed by atoms with Crippen molar-refractivity contribution in [1.82, 2.24) is 9.47 Å². The molecule has 1 spiro atoms. The quantitative estimate of drug-likeness (QED) is 0.901. The van der Waals surface area contributed by atoms with E-state index in [1.807, 2.05) is 43.0 Å². The number of carboxylic acid groups (broad SMARTS) is 1. The number of nitrogens with zero attached hydrogens (tertiary/aromatic N) is 2. The molecule has 2 heterocycles. The van der Waals surface area contributed by atoms with Crippen LogP contribution < -0.4 is 0 Å². The first kappa shape index (κ1) is 17.8. The van der Waals surface area contributed by atoms with Crippen LogP contribution in [0.25, 0.3) is 0 Å². The van der Waals surface area contributed by atoms with Gasteiger partial charge in [-0.25, -0.2) is 0 Å². The third-order valence-electron chi connectivity index (χ3n) is 6.52. The SMILES string of the molecule is Cc1cc(C(=O)N2CCC3(CC2)CC3C(=O)O)c(C)n1Cc1ccccc1. The maximum Gasteiger partial charge on any atom is 0.307 e. The second-order valence-corrected chi connectivity index (χ2v) is 8.11. The molecule has 1 unspecified atom stereocenters. The Morgan fingerprint density at radius 1 is 1.15 bits per heavy atom. The van der Waals surface area contributed by atoms with Crippen LogP contribution in [0.15, 0.2) is 36.4 Å². The van der Waals surface area contributed by atoms with Crippen LogP contribution in [0.3, 0.4) is 0 Å². The molecule has 2 aliphatic rings. The number of aromatic nitrogens is 1. The van der Waals surface area contributed by atoms with Gasteiger partial charge in [0.25, 0.3) is 5.91 Å². The number of carbonyl (C=O) groups excluding carboxylic acids is 1. The molecule has 1 atom stereocenters. The van der Waals surface area contributed by atoms with E-state index in [-0.39, 0.29) is 17.2 Å². The zero-order chi connectivity index (χ0) is 19.2. The highest BCUT2D eigenvalue weighted by Crippen LogP contribution is 2.59. The summed E-state index contributed by atoms with van der Waals surface area (Å²) in [7, 11) is 0. The Kier molecular flexibility index (Phi) is 4.33. The van der Waals surface area contributed by atoms with Crippen LogP contribution in [0.2, 0.25) is 0 Å². The smallest absolute Gasteiger partial charge is 0.307 e. The Bertz CT molecular complexity index is 876. The average molecular weight is 366 g/mol. The fraction of sp³-hybridized carbons (Fsp3) is 0.455. The highest BCUT2D eigenvalue weighted by Gasteiger charge is 2.59. The Hall–Kier alpha value is -2.56. The van der Waals surface area contributed by atoms with Gasteiger partial charge in [-0.3, -0.25) is 9.59 Å². The molecule has 4 rings (SSSR count). The van der Waals surface area contributed by atoms with Gasteiger partial charge in [-0.05, 0) is 50.2 Å². The van der Waals surface area contributed by atoms with Crippen molar-refractivity contribution in [3.63, 3.8) is 0 Å². The maximum absolute atomic E-state index is 13.1. The van der Waals surface area contributed by atoms with Gasteiger partial charge in [-0.1, -0.05) is 30.3 Å². The van der Waals surface area contributed by atoms with E-state index >= 15 is 0 Å². The molecule has 1 aromatic heterocycles. The lowest BCUT2D eigenvalue weighted by Crippen LogP contribution is -2.40. The van der Waals surface area contributed by atoms with E-state index in [2.05, 4.69) is 16.7 Å². The molecule has 5 nitrogen and oxygen atoms in total. The van der Waals surface area contributed by atoms with Crippen LogP contribution in [0.4, 0.5) is 0 Å². The lowest BCUT2D eigenvalue weighted by molar-refractivity contribution is -0.139. The van der Waals surface area contributed by atoms with E-state index in [1.54, 1.807) is 0 Å². The fourth-order valence-electron chi connectivity index (χ4n) is 4.60. The van der Waals surface area contributed by atoms with Gasteiger partial charge in [0.1, 0.15) is 0 Å². The summed E-state index contributed by atoms with van der Waals surface area (Å²) >= 11 is 0. The van der Waals surface area contributed by atoms with Crippen molar-refractivity contribution in [2.24, 2.45) is 11.3 Å². The molecule has 1 saturated carbocycles. The molecule has 1 aliphatic heterocycles. The largest absolute Gasteiger partial charge is 0.481 e. The van der Waals surface area contributed by atoms with Crippen molar-refractivity contribution >= 4 is 11.9 Å². The molecule has 142 valence electrons. The number of carboxylic acids is 1. The van der Waals surface area contributed by atoms with Gasteiger partial charge in [-0.2, -0.15) is 0 Å². The molecule has 5 heteroatoms. The number of rotatable bonds is 4. The van der Waals surface area contributed by atoms with Crippen LogP contribution in [-0.4, -0.2) is 39.5 Å². The summed E-state index contributed by atoms with van der Waals surface area (Å²) in [6.45, 7) is 6.13. The van der Waals surface area contributed by atoms with E-state index in [0.717, 1.165) is 42.8 Å².